The second-order valence-corrected chi connectivity index (χ2v) is 5.39. The van der Waals surface area contributed by atoms with Crippen molar-refractivity contribution < 1.29 is 4.39 Å². The van der Waals surface area contributed by atoms with E-state index in [9.17, 15) is 4.39 Å². The molecule has 0 bridgehead atoms. The Kier molecular flexibility index (Phi) is 3.65. The summed E-state index contributed by atoms with van der Waals surface area (Å²) in [5, 5.41) is 0.593. The van der Waals surface area contributed by atoms with E-state index in [0.717, 1.165) is 12.0 Å². The summed E-state index contributed by atoms with van der Waals surface area (Å²) in [4.78, 5) is 0. The number of halogens is 1. The van der Waals surface area contributed by atoms with Gasteiger partial charge in [-0.05, 0) is 42.7 Å². The van der Waals surface area contributed by atoms with Gasteiger partial charge in [-0.15, -0.1) is 0 Å². The minimum absolute atomic E-state index is 0.178. The molecule has 2 unspecified atom stereocenters. The summed E-state index contributed by atoms with van der Waals surface area (Å²) in [5.41, 5.74) is 7.27. The molecule has 82 valence electrons. The molecule has 3 heteroatoms. The Morgan fingerprint density at radius 2 is 2.13 bits per heavy atom. The highest BCUT2D eigenvalue weighted by Gasteiger charge is 2.22. The van der Waals surface area contributed by atoms with E-state index in [1.54, 1.807) is 0 Å². The van der Waals surface area contributed by atoms with Crippen molar-refractivity contribution in [1.29, 1.82) is 0 Å². The van der Waals surface area contributed by atoms with Crippen LogP contribution < -0.4 is 5.73 Å². The molecular weight excluding hydrogens is 209 g/mol. The molecule has 0 radical (unpaired) electrons. The van der Waals surface area contributed by atoms with Crippen LogP contribution in [0.2, 0.25) is 0 Å². The van der Waals surface area contributed by atoms with E-state index in [4.69, 9.17) is 5.73 Å². The van der Waals surface area contributed by atoms with Crippen molar-refractivity contribution in [2.75, 3.05) is 5.75 Å². The van der Waals surface area contributed by atoms with Gasteiger partial charge in [-0.25, -0.2) is 4.39 Å². The Labute approximate surface area is 94.2 Å². The SMILES string of the molecule is NC(Cc1ccc(F)cc1)C1CCCS1. The number of nitrogens with two attached hydrogens (primary N) is 1. The largest absolute Gasteiger partial charge is 0.326 e. The topological polar surface area (TPSA) is 26.0 Å². The highest BCUT2D eigenvalue weighted by Crippen LogP contribution is 2.29. The lowest BCUT2D eigenvalue weighted by atomic mass is 10.0. The van der Waals surface area contributed by atoms with Crippen molar-refractivity contribution in [1.82, 2.24) is 0 Å². The van der Waals surface area contributed by atoms with Gasteiger partial charge in [0.2, 0.25) is 0 Å². The van der Waals surface area contributed by atoms with Crippen molar-refractivity contribution in [3.05, 3.63) is 35.6 Å². The third-order valence-corrected chi connectivity index (χ3v) is 4.36. The average Bonchev–Trinajstić information content (AvgIpc) is 2.74. The van der Waals surface area contributed by atoms with Crippen LogP contribution in [0.4, 0.5) is 4.39 Å². The van der Waals surface area contributed by atoms with Gasteiger partial charge < -0.3 is 5.73 Å². The monoisotopic (exact) mass is 225 g/mol. The molecule has 1 heterocycles. The molecule has 0 saturated carbocycles. The van der Waals surface area contributed by atoms with Gasteiger partial charge in [-0.3, -0.25) is 0 Å². The van der Waals surface area contributed by atoms with E-state index in [1.807, 2.05) is 23.9 Å². The Hall–Kier alpha value is -0.540. The fourth-order valence-electron chi connectivity index (χ4n) is 1.96. The number of hydrogen-bond donors (Lipinski definition) is 1. The van der Waals surface area contributed by atoms with Gasteiger partial charge in [0.1, 0.15) is 5.82 Å². The van der Waals surface area contributed by atoms with Crippen LogP contribution >= 0.6 is 11.8 Å². The summed E-state index contributed by atoms with van der Waals surface area (Å²) >= 11 is 1.97. The first kappa shape index (κ1) is 11.0. The van der Waals surface area contributed by atoms with Crippen molar-refractivity contribution in [3.63, 3.8) is 0 Å². The fourth-order valence-corrected chi connectivity index (χ4v) is 3.28. The van der Waals surface area contributed by atoms with Crippen LogP contribution in [0.15, 0.2) is 24.3 Å². The maximum absolute atomic E-state index is 12.7. The minimum atomic E-state index is -0.178. The Bertz CT molecular complexity index is 306. The molecule has 1 aromatic rings. The first-order chi connectivity index (χ1) is 7.25. The fraction of sp³-hybridized carbons (Fsp3) is 0.500. The molecule has 1 saturated heterocycles. The van der Waals surface area contributed by atoms with Crippen LogP contribution in [-0.2, 0) is 6.42 Å². The Balaban J connectivity index is 1.92. The number of benzene rings is 1. The minimum Gasteiger partial charge on any atom is -0.326 e. The quantitative estimate of drug-likeness (QED) is 0.855. The Morgan fingerprint density at radius 1 is 1.40 bits per heavy atom. The zero-order chi connectivity index (χ0) is 10.7. The predicted octanol–water partition coefficient (Wildman–Crippen LogP) is 2.59. The summed E-state index contributed by atoms with van der Waals surface area (Å²) in [6.45, 7) is 0. The molecule has 2 N–H and O–H groups in total. The summed E-state index contributed by atoms with van der Waals surface area (Å²) in [7, 11) is 0. The van der Waals surface area contributed by atoms with Gasteiger partial charge >= 0.3 is 0 Å². The zero-order valence-corrected chi connectivity index (χ0v) is 9.47. The highest BCUT2D eigenvalue weighted by molar-refractivity contribution is 8.00. The van der Waals surface area contributed by atoms with Crippen LogP contribution in [0, 0.1) is 5.82 Å². The van der Waals surface area contributed by atoms with Crippen LogP contribution in [0.5, 0.6) is 0 Å². The molecule has 0 spiro atoms. The highest BCUT2D eigenvalue weighted by atomic mass is 32.2. The van der Waals surface area contributed by atoms with Crippen molar-refractivity contribution in [3.8, 4) is 0 Å². The van der Waals surface area contributed by atoms with E-state index in [0.29, 0.717) is 5.25 Å². The molecule has 1 aliphatic rings. The number of hydrogen-bond acceptors (Lipinski definition) is 2. The van der Waals surface area contributed by atoms with E-state index in [1.165, 1.54) is 30.7 Å². The van der Waals surface area contributed by atoms with Gasteiger partial charge in [0.25, 0.3) is 0 Å². The van der Waals surface area contributed by atoms with Crippen LogP contribution in [-0.4, -0.2) is 17.0 Å². The number of rotatable bonds is 3. The smallest absolute Gasteiger partial charge is 0.123 e. The summed E-state index contributed by atoms with van der Waals surface area (Å²) in [5.74, 6) is 1.06. The van der Waals surface area contributed by atoms with Crippen LogP contribution in [0.25, 0.3) is 0 Å². The van der Waals surface area contributed by atoms with Gasteiger partial charge in [0, 0.05) is 11.3 Å². The molecule has 1 nitrogen and oxygen atoms in total. The zero-order valence-electron chi connectivity index (χ0n) is 8.66. The van der Waals surface area contributed by atoms with Gasteiger partial charge in [-0.1, -0.05) is 12.1 Å². The lowest BCUT2D eigenvalue weighted by molar-refractivity contribution is 0.604. The Morgan fingerprint density at radius 3 is 2.73 bits per heavy atom. The van der Waals surface area contributed by atoms with E-state index in [2.05, 4.69) is 0 Å². The molecule has 0 aliphatic carbocycles. The second-order valence-electron chi connectivity index (χ2n) is 4.05. The molecule has 0 amide bonds. The van der Waals surface area contributed by atoms with Gasteiger partial charge in [0.15, 0.2) is 0 Å². The second kappa shape index (κ2) is 4.99. The standard InChI is InChI=1S/C12H16FNS/c13-10-5-3-9(4-6-10)8-11(14)12-2-1-7-15-12/h3-6,11-12H,1-2,7-8,14H2. The van der Waals surface area contributed by atoms with Crippen molar-refractivity contribution in [2.24, 2.45) is 5.73 Å². The molecule has 1 aliphatic heterocycles. The van der Waals surface area contributed by atoms with Gasteiger partial charge in [-0.2, -0.15) is 11.8 Å². The van der Waals surface area contributed by atoms with Crippen molar-refractivity contribution >= 4 is 11.8 Å². The predicted molar refractivity (Wildman–Crippen MR) is 63.6 cm³/mol. The molecule has 1 fully saturated rings. The molecule has 2 atom stereocenters. The van der Waals surface area contributed by atoms with E-state index < -0.39 is 0 Å². The number of thioether (sulfide) groups is 1. The molecular formula is C12H16FNS. The normalized spacial score (nSPS) is 22.9. The van der Waals surface area contributed by atoms with Crippen molar-refractivity contribution in [2.45, 2.75) is 30.6 Å². The van der Waals surface area contributed by atoms with E-state index >= 15 is 0 Å². The first-order valence-electron chi connectivity index (χ1n) is 5.37. The molecule has 2 rings (SSSR count). The third kappa shape index (κ3) is 2.95. The summed E-state index contributed by atoms with van der Waals surface area (Å²) in [6, 6.07) is 6.88. The average molecular weight is 225 g/mol. The summed E-state index contributed by atoms with van der Waals surface area (Å²) < 4.78 is 12.7. The first-order valence-corrected chi connectivity index (χ1v) is 6.42. The third-order valence-electron chi connectivity index (χ3n) is 2.83. The molecule has 15 heavy (non-hydrogen) atoms. The van der Waals surface area contributed by atoms with Crippen LogP contribution in [0.3, 0.4) is 0 Å². The summed E-state index contributed by atoms with van der Waals surface area (Å²) in [6.07, 6.45) is 3.37. The lowest BCUT2D eigenvalue weighted by Gasteiger charge is -2.17. The van der Waals surface area contributed by atoms with Crippen LogP contribution in [0.1, 0.15) is 18.4 Å². The van der Waals surface area contributed by atoms with E-state index in [-0.39, 0.29) is 11.9 Å². The lowest BCUT2D eigenvalue weighted by Crippen LogP contribution is -2.33. The molecule has 0 aromatic heterocycles. The maximum Gasteiger partial charge on any atom is 0.123 e. The van der Waals surface area contributed by atoms with Gasteiger partial charge in [0.05, 0.1) is 0 Å². The maximum atomic E-state index is 12.7. The molecule has 1 aromatic carbocycles.